The highest BCUT2D eigenvalue weighted by Crippen LogP contribution is 2.25. The van der Waals surface area contributed by atoms with E-state index in [1.165, 1.54) is 10.7 Å². The van der Waals surface area contributed by atoms with Crippen LogP contribution < -0.4 is 4.74 Å². The smallest absolute Gasteiger partial charge is 0.239 e. The van der Waals surface area contributed by atoms with E-state index in [9.17, 15) is 5.11 Å². The summed E-state index contributed by atoms with van der Waals surface area (Å²) in [5.41, 5.74) is 1.43. The third-order valence-electron chi connectivity index (χ3n) is 2.30. The number of benzene rings is 1. The average Bonchev–Trinajstić information content (AvgIpc) is 2.74. The first-order chi connectivity index (χ1) is 8.70. The van der Waals surface area contributed by atoms with Gasteiger partial charge in [0.05, 0.1) is 0 Å². The number of hydrogen-bond acceptors (Lipinski definition) is 6. The first-order valence-corrected chi connectivity index (χ1v) is 5.25. The van der Waals surface area contributed by atoms with E-state index in [0.717, 1.165) is 5.56 Å². The van der Waals surface area contributed by atoms with E-state index in [-0.39, 0.29) is 5.75 Å². The summed E-state index contributed by atoms with van der Waals surface area (Å²) in [4.78, 5) is 0. The van der Waals surface area contributed by atoms with E-state index in [4.69, 9.17) is 4.74 Å². The number of aromatic nitrogens is 5. The zero-order valence-electron chi connectivity index (χ0n) is 9.48. The molecule has 1 aromatic carbocycles. The Balaban J connectivity index is 1.95. The van der Waals surface area contributed by atoms with E-state index in [1.54, 1.807) is 24.3 Å². The predicted octanol–water partition coefficient (Wildman–Crippen LogP) is 1.33. The van der Waals surface area contributed by atoms with Crippen LogP contribution in [0.25, 0.3) is 5.65 Å². The van der Waals surface area contributed by atoms with Crippen molar-refractivity contribution in [2.24, 2.45) is 0 Å². The summed E-state index contributed by atoms with van der Waals surface area (Å²) in [7, 11) is 0. The molecule has 7 nitrogen and oxygen atoms in total. The molecular weight excluding hydrogens is 234 g/mol. The highest BCUT2D eigenvalue weighted by Gasteiger charge is 2.04. The normalized spacial score (nSPS) is 10.7. The number of ether oxygens (including phenoxy) is 1. The van der Waals surface area contributed by atoms with Crippen molar-refractivity contribution in [3.63, 3.8) is 0 Å². The Morgan fingerprint density at radius 1 is 1.22 bits per heavy atom. The van der Waals surface area contributed by atoms with Crippen molar-refractivity contribution in [2.45, 2.75) is 6.92 Å². The van der Waals surface area contributed by atoms with Crippen molar-refractivity contribution in [1.82, 2.24) is 25.3 Å². The van der Waals surface area contributed by atoms with Gasteiger partial charge in [-0.3, -0.25) is 0 Å². The fourth-order valence-electron chi connectivity index (χ4n) is 1.60. The highest BCUT2D eigenvalue weighted by molar-refractivity contribution is 5.40. The van der Waals surface area contributed by atoms with Gasteiger partial charge in [-0.05, 0) is 41.1 Å². The molecule has 0 saturated carbocycles. The average molecular weight is 243 g/mol. The molecule has 90 valence electrons. The Labute approximate surface area is 102 Å². The van der Waals surface area contributed by atoms with Crippen LogP contribution in [0.3, 0.4) is 0 Å². The third kappa shape index (κ3) is 1.93. The number of phenols is 1. The standard InChI is InChI=1S/C11H9N5O2/c1-7-4-8(17)6-9(5-7)18-11-3-2-10-12-14-15-16(10)13-11/h2-6,17H,1H3. The lowest BCUT2D eigenvalue weighted by molar-refractivity contribution is 0.435. The number of hydrogen-bond donors (Lipinski definition) is 1. The van der Waals surface area contributed by atoms with Gasteiger partial charge in [0.1, 0.15) is 11.5 Å². The predicted molar refractivity (Wildman–Crippen MR) is 61.5 cm³/mol. The van der Waals surface area contributed by atoms with Crippen molar-refractivity contribution in [3.05, 3.63) is 35.9 Å². The number of tetrazole rings is 1. The molecule has 3 rings (SSSR count). The SMILES string of the molecule is Cc1cc(O)cc(Oc2ccc3nnnn3n2)c1. The minimum absolute atomic E-state index is 0.147. The summed E-state index contributed by atoms with van der Waals surface area (Å²) in [6.45, 7) is 1.87. The summed E-state index contributed by atoms with van der Waals surface area (Å²) in [6, 6.07) is 8.30. The van der Waals surface area contributed by atoms with E-state index in [1.807, 2.05) is 6.92 Å². The van der Waals surface area contributed by atoms with Gasteiger partial charge in [0.15, 0.2) is 5.65 Å². The Morgan fingerprint density at radius 3 is 2.94 bits per heavy atom. The Kier molecular flexibility index (Phi) is 2.30. The van der Waals surface area contributed by atoms with Crippen LogP contribution in [0, 0.1) is 6.92 Å². The summed E-state index contributed by atoms with van der Waals surface area (Å²) in [5, 5.41) is 24.4. The molecule has 0 atom stereocenters. The molecule has 1 N–H and O–H groups in total. The molecule has 2 aromatic heterocycles. The van der Waals surface area contributed by atoms with E-state index < -0.39 is 0 Å². The molecule has 0 aliphatic rings. The van der Waals surface area contributed by atoms with Gasteiger partial charge in [-0.25, -0.2) is 0 Å². The molecule has 0 unspecified atom stereocenters. The third-order valence-corrected chi connectivity index (χ3v) is 2.30. The molecular formula is C11H9N5O2. The highest BCUT2D eigenvalue weighted by atomic mass is 16.5. The number of fused-ring (bicyclic) bond motifs is 1. The fraction of sp³-hybridized carbons (Fsp3) is 0.0909. The lowest BCUT2D eigenvalue weighted by Gasteiger charge is -2.05. The molecule has 3 aromatic rings. The van der Waals surface area contributed by atoms with Crippen LogP contribution in [0.15, 0.2) is 30.3 Å². The topological polar surface area (TPSA) is 85.4 Å². The van der Waals surface area contributed by atoms with Crippen molar-refractivity contribution < 1.29 is 9.84 Å². The maximum atomic E-state index is 9.47. The largest absolute Gasteiger partial charge is 0.508 e. The van der Waals surface area contributed by atoms with Crippen LogP contribution in [-0.2, 0) is 0 Å². The first-order valence-electron chi connectivity index (χ1n) is 5.25. The van der Waals surface area contributed by atoms with Gasteiger partial charge in [-0.2, -0.15) is 0 Å². The Hall–Kier alpha value is -2.70. The lowest BCUT2D eigenvalue weighted by atomic mass is 10.2. The van der Waals surface area contributed by atoms with Gasteiger partial charge in [-0.1, -0.05) is 0 Å². The summed E-state index contributed by atoms with van der Waals surface area (Å²) in [6.07, 6.45) is 0. The fourth-order valence-corrected chi connectivity index (χ4v) is 1.60. The van der Waals surface area contributed by atoms with E-state index in [2.05, 4.69) is 20.6 Å². The van der Waals surface area contributed by atoms with Crippen molar-refractivity contribution >= 4 is 5.65 Å². The lowest BCUT2D eigenvalue weighted by Crippen LogP contribution is -1.97. The van der Waals surface area contributed by atoms with Crippen LogP contribution in [0.2, 0.25) is 0 Å². The number of aryl methyl sites for hydroxylation is 1. The zero-order chi connectivity index (χ0) is 12.5. The first kappa shape index (κ1) is 10.5. The maximum absolute atomic E-state index is 9.47. The minimum Gasteiger partial charge on any atom is -0.508 e. The monoisotopic (exact) mass is 243 g/mol. The molecule has 0 saturated heterocycles. The minimum atomic E-state index is 0.147. The second kappa shape index (κ2) is 3.95. The van der Waals surface area contributed by atoms with Crippen LogP contribution in [-0.4, -0.2) is 30.4 Å². The second-order valence-corrected chi connectivity index (χ2v) is 3.80. The van der Waals surface area contributed by atoms with Crippen molar-refractivity contribution in [2.75, 3.05) is 0 Å². The quantitative estimate of drug-likeness (QED) is 0.730. The molecule has 0 bridgehead atoms. The molecule has 0 fully saturated rings. The number of rotatable bonds is 2. The van der Waals surface area contributed by atoms with Gasteiger partial charge in [0.2, 0.25) is 5.88 Å². The van der Waals surface area contributed by atoms with E-state index >= 15 is 0 Å². The number of phenolic OH excluding ortho intramolecular Hbond substituents is 1. The Bertz CT molecular complexity index is 689. The molecule has 2 heterocycles. The summed E-state index contributed by atoms with van der Waals surface area (Å²) in [5.74, 6) is 1.00. The van der Waals surface area contributed by atoms with Gasteiger partial charge < -0.3 is 9.84 Å². The molecule has 18 heavy (non-hydrogen) atoms. The molecule has 0 spiro atoms. The van der Waals surface area contributed by atoms with Crippen LogP contribution in [0.5, 0.6) is 17.4 Å². The van der Waals surface area contributed by atoms with Crippen molar-refractivity contribution in [1.29, 1.82) is 0 Å². The summed E-state index contributed by atoms with van der Waals surface area (Å²) < 4.78 is 6.80. The molecule has 0 amide bonds. The van der Waals surface area contributed by atoms with Crippen LogP contribution in [0.4, 0.5) is 0 Å². The molecule has 0 radical (unpaired) electrons. The van der Waals surface area contributed by atoms with E-state index in [0.29, 0.717) is 17.3 Å². The van der Waals surface area contributed by atoms with Gasteiger partial charge in [-0.15, -0.1) is 14.8 Å². The molecule has 0 aliphatic heterocycles. The molecule has 0 aliphatic carbocycles. The van der Waals surface area contributed by atoms with Gasteiger partial charge in [0.25, 0.3) is 0 Å². The number of nitrogens with zero attached hydrogens (tertiary/aromatic N) is 5. The van der Waals surface area contributed by atoms with Gasteiger partial charge in [0, 0.05) is 12.1 Å². The van der Waals surface area contributed by atoms with Crippen LogP contribution in [0.1, 0.15) is 5.56 Å². The second-order valence-electron chi connectivity index (χ2n) is 3.80. The van der Waals surface area contributed by atoms with Crippen molar-refractivity contribution in [3.8, 4) is 17.4 Å². The van der Waals surface area contributed by atoms with Gasteiger partial charge >= 0.3 is 0 Å². The number of aromatic hydroxyl groups is 1. The summed E-state index contributed by atoms with van der Waals surface area (Å²) >= 11 is 0. The zero-order valence-corrected chi connectivity index (χ0v) is 9.48. The molecule has 7 heteroatoms. The maximum Gasteiger partial charge on any atom is 0.239 e. The van der Waals surface area contributed by atoms with Crippen LogP contribution >= 0.6 is 0 Å². The Morgan fingerprint density at radius 2 is 2.11 bits per heavy atom.